The predicted octanol–water partition coefficient (Wildman–Crippen LogP) is 3.32. The quantitative estimate of drug-likeness (QED) is 0.567. The van der Waals surface area contributed by atoms with Crippen molar-refractivity contribution in [1.29, 1.82) is 0 Å². The van der Waals surface area contributed by atoms with Crippen molar-refractivity contribution < 1.29 is 13.9 Å². The van der Waals surface area contributed by atoms with Gasteiger partial charge in [-0.3, -0.25) is 9.89 Å². The van der Waals surface area contributed by atoms with Crippen molar-refractivity contribution in [1.82, 2.24) is 24.6 Å². The Balaban J connectivity index is 1.54. The van der Waals surface area contributed by atoms with Crippen molar-refractivity contribution in [3.63, 3.8) is 0 Å². The Bertz CT molecular complexity index is 1220. The second kappa shape index (κ2) is 7.38. The zero-order valence-corrected chi connectivity index (χ0v) is 16.4. The summed E-state index contributed by atoms with van der Waals surface area (Å²) < 4.78 is 21.8. The molecule has 30 heavy (non-hydrogen) atoms. The summed E-state index contributed by atoms with van der Waals surface area (Å²) in [6.07, 6.45) is 5.26. The van der Waals surface area contributed by atoms with Gasteiger partial charge in [0.2, 0.25) is 0 Å². The number of amides is 1. The number of aryl methyl sites for hydroxylation is 1. The number of carbonyl (C=O) groups is 1. The fourth-order valence-electron chi connectivity index (χ4n) is 3.98. The van der Waals surface area contributed by atoms with Crippen molar-refractivity contribution in [2.75, 3.05) is 19.8 Å². The van der Waals surface area contributed by atoms with Crippen LogP contribution in [0.15, 0.2) is 55.0 Å². The van der Waals surface area contributed by atoms with Gasteiger partial charge in [-0.1, -0.05) is 18.2 Å². The van der Waals surface area contributed by atoms with Gasteiger partial charge in [-0.2, -0.15) is 5.10 Å². The number of H-pyrrole nitrogens is 1. The molecule has 8 heteroatoms. The summed E-state index contributed by atoms with van der Waals surface area (Å²) >= 11 is 0. The van der Waals surface area contributed by atoms with Gasteiger partial charge in [0.1, 0.15) is 11.5 Å². The van der Waals surface area contributed by atoms with E-state index in [2.05, 4.69) is 10.2 Å². The van der Waals surface area contributed by atoms with E-state index in [0.717, 1.165) is 16.6 Å². The van der Waals surface area contributed by atoms with E-state index in [1.54, 1.807) is 41.7 Å². The topological polar surface area (TPSA) is 76.0 Å². The van der Waals surface area contributed by atoms with Crippen LogP contribution in [0.4, 0.5) is 4.39 Å². The first-order valence-electron chi connectivity index (χ1n) is 9.72. The third-order valence-corrected chi connectivity index (χ3v) is 5.50. The van der Waals surface area contributed by atoms with Crippen LogP contribution in [0.3, 0.4) is 0 Å². The van der Waals surface area contributed by atoms with Crippen LogP contribution in [0.25, 0.3) is 22.3 Å². The number of fused-ring (bicyclic) bond motifs is 1. The van der Waals surface area contributed by atoms with E-state index in [4.69, 9.17) is 9.72 Å². The average molecular weight is 405 g/mol. The van der Waals surface area contributed by atoms with Crippen molar-refractivity contribution in [2.24, 2.45) is 7.05 Å². The highest BCUT2D eigenvalue weighted by Crippen LogP contribution is 2.30. The summed E-state index contributed by atoms with van der Waals surface area (Å²) in [7, 11) is 1.86. The molecule has 0 saturated carbocycles. The summed E-state index contributed by atoms with van der Waals surface area (Å²) in [6.45, 7) is 1.08. The first-order chi connectivity index (χ1) is 14.6. The van der Waals surface area contributed by atoms with Crippen LogP contribution in [0.2, 0.25) is 0 Å². The number of hydrogen-bond acceptors (Lipinski definition) is 4. The number of halogens is 1. The van der Waals surface area contributed by atoms with Crippen LogP contribution in [-0.2, 0) is 11.8 Å². The molecule has 5 rings (SSSR count). The first-order valence-corrected chi connectivity index (χ1v) is 9.72. The zero-order valence-electron chi connectivity index (χ0n) is 16.4. The lowest BCUT2D eigenvalue weighted by molar-refractivity contribution is -0.00353. The molecule has 7 nitrogen and oxygen atoms in total. The number of aromatic nitrogens is 4. The second-order valence-electron chi connectivity index (χ2n) is 7.32. The monoisotopic (exact) mass is 405 g/mol. The molecule has 1 aliphatic rings. The molecule has 0 radical (unpaired) electrons. The summed E-state index contributed by atoms with van der Waals surface area (Å²) in [5.74, 6) is -0.495. The molecule has 1 N–H and O–H groups in total. The first kappa shape index (κ1) is 18.5. The fourth-order valence-corrected chi connectivity index (χ4v) is 3.98. The van der Waals surface area contributed by atoms with Crippen molar-refractivity contribution in [2.45, 2.75) is 6.04 Å². The van der Waals surface area contributed by atoms with Crippen molar-refractivity contribution >= 4 is 16.9 Å². The molecular weight excluding hydrogens is 385 g/mol. The van der Waals surface area contributed by atoms with Crippen molar-refractivity contribution in [3.05, 3.63) is 71.9 Å². The summed E-state index contributed by atoms with van der Waals surface area (Å²) in [6, 6.07) is 9.83. The molecule has 1 saturated heterocycles. The molecule has 1 aliphatic heterocycles. The molecule has 1 amide bonds. The Labute approximate surface area is 172 Å². The minimum Gasteiger partial charge on any atom is -0.377 e. The van der Waals surface area contributed by atoms with Crippen LogP contribution in [0.1, 0.15) is 22.0 Å². The Morgan fingerprint density at radius 1 is 1.27 bits per heavy atom. The number of pyridine rings is 1. The van der Waals surface area contributed by atoms with Gasteiger partial charge < -0.3 is 14.2 Å². The molecule has 3 aromatic heterocycles. The number of aromatic amines is 1. The Morgan fingerprint density at radius 3 is 2.93 bits per heavy atom. The van der Waals surface area contributed by atoms with Gasteiger partial charge >= 0.3 is 0 Å². The van der Waals surface area contributed by atoms with Crippen LogP contribution >= 0.6 is 0 Å². The molecule has 0 spiro atoms. The molecule has 0 bridgehead atoms. The number of rotatable bonds is 3. The van der Waals surface area contributed by atoms with E-state index in [0.29, 0.717) is 29.9 Å². The van der Waals surface area contributed by atoms with Gasteiger partial charge in [-0.25, -0.2) is 9.37 Å². The van der Waals surface area contributed by atoms with E-state index in [9.17, 15) is 9.18 Å². The number of nitrogens with zero attached hydrogens (tertiary/aromatic N) is 4. The predicted molar refractivity (Wildman–Crippen MR) is 109 cm³/mol. The Kier molecular flexibility index (Phi) is 4.55. The normalized spacial score (nSPS) is 16.9. The lowest BCUT2D eigenvalue weighted by Gasteiger charge is -2.36. The van der Waals surface area contributed by atoms with E-state index >= 15 is 0 Å². The Hall–Kier alpha value is -3.52. The lowest BCUT2D eigenvalue weighted by atomic mass is 10.0. The van der Waals surface area contributed by atoms with Gasteiger partial charge in [0.25, 0.3) is 5.91 Å². The van der Waals surface area contributed by atoms with E-state index in [1.165, 1.54) is 6.07 Å². The summed E-state index contributed by atoms with van der Waals surface area (Å²) in [4.78, 5) is 19.9. The molecule has 152 valence electrons. The molecular formula is C22H20FN5O2. The van der Waals surface area contributed by atoms with Crippen LogP contribution in [0, 0.1) is 5.82 Å². The maximum absolute atomic E-state index is 14.4. The van der Waals surface area contributed by atoms with Crippen molar-refractivity contribution in [3.8, 4) is 11.3 Å². The maximum Gasteiger partial charge on any atom is 0.256 e. The van der Waals surface area contributed by atoms with Gasteiger partial charge in [-0.15, -0.1) is 0 Å². The van der Waals surface area contributed by atoms with E-state index in [1.807, 2.05) is 23.7 Å². The van der Waals surface area contributed by atoms with Crippen LogP contribution in [-0.4, -0.2) is 50.3 Å². The van der Waals surface area contributed by atoms with Gasteiger partial charge in [0.05, 0.1) is 36.7 Å². The van der Waals surface area contributed by atoms with E-state index in [-0.39, 0.29) is 18.3 Å². The van der Waals surface area contributed by atoms with Gasteiger partial charge in [0.15, 0.2) is 0 Å². The molecule has 0 aliphatic carbocycles. The van der Waals surface area contributed by atoms with Gasteiger partial charge in [0, 0.05) is 42.5 Å². The van der Waals surface area contributed by atoms with Gasteiger partial charge in [-0.05, 0) is 18.2 Å². The zero-order chi connectivity index (χ0) is 20.7. The maximum atomic E-state index is 14.4. The molecule has 1 atom stereocenters. The minimum atomic E-state index is -0.471. The number of carbonyl (C=O) groups excluding carboxylic acids is 1. The second-order valence-corrected chi connectivity index (χ2v) is 7.32. The third kappa shape index (κ3) is 3.05. The SMILES string of the molecule is Cn1cc(C(=O)N2CCOC[C@@H]2c2ccccc2F)c2ccc(-c3cn[nH]c3)nc21. The molecule has 1 fully saturated rings. The number of morpholine rings is 1. The molecule has 0 unspecified atom stereocenters. The summed E-state index contributed by atoms with van der Waals surface area (Å²) in [5, 5.41) is 7.50. The highest BCUT2D eigenvalue weighted by atomic mass is 19.1. The largest absolute Gasteiger partial charge is 0.377 e. The highest BCUT2D eigenvalue weighted by Gasteiger charge is 2.32. The standard InChI is InChI=1S/C22H20FN5O2/c1-27-12-17(15-6-7-19(26-21(15)27)14-10-24-25-11-14)22(29)28-8-9-30-13-20(28)16-4-2-3-5-18(16)23/h2-7,10-12,20H,8-9,13H2,1H3,(H,24,25)/t20-/m1/s1. The average Bonchev–Trinajstić information content (AvgIpc) is 3.42. The lowest BCUT2D eigenvalue weighted by Crippen LogP contribution is -2.43. The Morgan fingerprint density at radius 2 is 2.13 bits per heavy atom. The highest BCUT2D eigenvalue weighted by molar-refractivity contribution is 6.06. The fraction of sp³-hybridized carbons (Fsp3) is 0.227. The van der Waals surface area contributed by atoms with Crippen LogP contribution < -0.4 is 0 Å². The molecule has 4 heterocycles. The van der Waals surface area contributed by atoms with E-state index < -0.39 is 6.04 Å². The molecule has 1 aromatic carbocycles. The minimum absolute atomic E-state index is 0.157. The van der Waals surface area contributed by atoms with Crippen LogP contribution in [0.5, 0.6) is 0 Å². The smallest absolute Gasteiger partial charge is 0.256 e. The third-order valence-electron chi connectivity index (χ3n) is 5.50. The number of nitrogens with one attached hydrogen (secondary N) is 1. The molecule has 4 aromatic rings. The number of benzene rings is 1. The number of ether oxygens (including phenoxy) is 1. The number of hydrogen-bond donors (Lipinski definition) is 1. The summed E-state index contributed by atoms with van der Waals surface area (Å²) in [5.41, 5.74) is 3.35.